The topological polar surface area (TPSA) is 38.7 Å². The van der Waals surface area contributed by atoms with Gasteiger partial charge in [0.25, 0.3) is 0 Å². The average molecular weight is 220 g/mol. The van der Waals surface area contributed by atoms with Crippen LogP contribution < -0.4 is 9.47 Å². The summed E-state index contributed by atoms with van der Waals surface area (Å²) in [6, 6.07) is 2.06. The van der Waals surface area contributed by atoms with Crippen molar-refractivity contribution in [3.63, 3.8) is 0 Å². The van der Waals surface area contributed by atoms with Crippen LogP contribution >= 0.6 is 0 Å². The molecule has 0 aromatic heterocycles. The van der Waals surface area contributed by atoms with Crippen molar-refractivity contribution in [1.82, 2.24) is 0 Å². The summed E-state index contributed by atoms with van der Waals surface area (Å²) in [5.41, 5.74) is -0.104. The first-order valence-corrected chi connectivity index (χ1v) is 4.21. The van der Waals surface area contributed by atoms with Gasteiger partial charge in [-0.25, -0.2) is 4.39 Å². The Balaban J connectivity index is 2.45. The number of ether oxygens (including phenoxy) is 2. The molecule has 1 N–H and O–H groups in total. The molecule has 1 aromatic carbocycles. The lowest BCUT2D eigenvalue weighted by Crippen LogP contribution is -2.26. The lowest BCUT2D eigenvalue weighted by atomic mass is 10.1. The Kier molecular flexibility index (Phi) is 2.22. The van der Waals surface area contributed by atoms with Crippen LogP contribution in [0.4, 0.5) is 13.2 Å². The maximum absolute atomic E-state index is 13.2. The third kappa shape index (κ3) is 1.72. The van der Waals surface area contributed by atoms with Crippen molar-refractivity contribution in [3.8, 4) is 11.5 Å². The number of hydrogen-bond acceptors (Lipinski definition) is 3. The fraction of sp³-hybridized carbons (Fsp3) is 0.333. The number of fused-ring (bicyclic) bond motifs is 1. The molecule has 0 atom stereocenters. The van der Waals surface area contributed by atoms with Gasteiger partial charge in [0.15, 0.2) is 11.5 Å². The van der Waals surface area contributed by atoms with Gasteiger partial charge in [0, 0.05) is 18.6 Å². The van der Waals surface area contributed by atoms with Gasteiger partial charge < -0.3 is 14.6 Å². The third-order valence-corrected chi connectivity index (χ3v) is 1.98. The van der Waals surface area contributed by atoms with Gasteiger partial charge in [0.1, 0.15) is 5.82 Å². The summed E-state index contributed by atoms with van der Waals surface area (Å²) >= 11 is 0. The minimum Gasteiger partial charge on any atom is -0.396 e. The molecule has 1 aliphatic heterocycles. The van der Waals surface area contributed by atoms with E-state index in [0.29, 0.717) is 0 Å². The average Bonchev–Trinajstić information content (AvgIpc) is 2.46. The van der Waals surface area contributed by atoms with Crippen LogP contribution in [0.25, 0.3) is 0 Å². The number of rotatable bonds is 2. The van der Waals surface area contributed by atoms with E-state index in [-0.39, 0.29) is 30.1 Å². The van der Waals surface area contributed by atoms with Crippen molar-refractivity contribution >= 4 is 0 Å². The monoisotopic (exact) mass is 220 g/mol. The molecule has 0 saturated heterocycles. The minimum atomic E-state index is -3.76. The fourth-order valence-corrected chi connectivity index (χ4v) is 1.39. The Labute approximate surface area is 83.0 Å². The van der Waals surface area contributed by atoms with Crippen LogP contribution in [0.2, 0.25) is 0 Å². The molecule has 0 fully saturated rings. The molecule has 0 unspecified atom stereocenters. The van der Waals surface area contributed by atoms with E-state index in [1.165, 1.54) is 0 Å². The first kappa shape index (κ1) is 10.1. The molecule has 1 aliphatic rings. The Morgan fingerprint density at radius 1 is 1.27 bits per heavy atom. The summed E-state index contributed by atoms with van der Waals surface area (Å²) in [5, 5.41) is 8.65. The molecule has 0 bridgehead atoms. The van der Waals surface area contributed by atoms with Crippen molar-refractivity contribution in [1.29, 1.82) is 0 Å². The molecule has 1 aromatic rings. The lowest BCUT2D eigenvalue weighted by molar-refractivity contribution is -0.287. The second-order valence-electron chi connectivity index (χ2n) is 2.99. The van der Waals surface area contributed by atoms with Crippen molar-refractivity contribution < 1.29 is 27.8 Å². The van der Waals surface area contributed by atoms with Crippen LogP contribution in [0.3, 0.4) is 0 Å². The van der Waals surface area contributed by atoms with Crippen LogP contribution in [0.15, 0.2) is 12.1 Å². The van der Waals surface area contributed by atoms with E-state index in [1.807, 2.05) is 0 Å². The minimum absolute atomic E-state index is 0.103. The van der Waals surface area contributed by atoms with Gasteiger partial charge in [0.2, 0.25) is 0 Å². The molecule has 1 heterocycles. The maximum Gasteiger partial charge on any atom is 0.586 e. The molecule has 0 saturated carbocycles. The van der Waals surface area contributed by atoms with E-state index in [4.69, 9.17) is 5.11 Å². The second-order valence-corrected chi connectivity index (χ2v) is 2.99. The Bertz CT molecular complexity index is 392. The number of alkyl halides is 2. The van der Waals surface area contributed by atoms with Gasteiger partial charge in [-0.3, -0.25) is 0 Å². The highest BCUT2D eigenvalue weighted by atomic mass is 19.3. The van der Waals surface area contributed by atoms with E-state index in [9.17, 15) is 13.2 Å². The van der Waals surface area contributed by atoms with Gasteiger partial charge in [-0.05, 0) is 12.1 Å². The van der Waals surface area contributed by atoms with E-state index in [0.717, 1.165) is 12.1 Å². The SMILES string of the molecule is OCCc1c(F)ccc2c1OC(F)(F)O2. The Morgan fingerprint density at radius 2 is 2.00 bits per heavy atom. The Hall–Kier alpha value is -1.43. The molecular weight excluding hydrogens is 213 g/mol. The number of aliphatic hydroxyl groups is 1. The summed E-state index contributed by atoms with van der Waals surface area (Å²) in [6.45, 7) is -0.359. The van der Waals surface area contributed by atoms with Crippen molar-refractivity contribution in [3.05, 3.63) is 23.5 Å². The van der Waals surface area contributed by atoms with E-state index < -0.39 is 12.1 Å². The van der Waals surface area contributed by atoms with Crippen LogP contribution in [0.1, 0.15) is 5.56 Å². The summed E-state index contributed by atoms with van der Waals surface area (Å²) in [4.78, 5) is 0. The summed E-state index contributed by atoms with van der Waals surface area (Å²) in [7, 11) is 0. The zero-order valence-corrected chi connectivity index (χ0v) is 7.47. The van der Waals surface area contributed by atoms with Crippen molar-refractivity contribution in [2.75, 3.05) is 6.61 Å². The lowest BCUT2D eigenvalue weighted by Gasteiger charge is -2.06. The highest BCUT2D eigenvalue weighted by Gasteiger charge is 2.44. The molecule has 0 amide bonds. The summed E-state index contributed by atoms with van der Waals surface area (Å²) in [6.07, 6.45) is -3.87. The first-order valence-electron chi connectivity index (χ1n) is 4.21. The molecule has 0 spiro atoms. The highest BCUT2D eigenvalue weighted by Crippen LogP contribution is 2.44. The zero-order chi connectivity index (χ0) is 11.1. The molecule has 15 heavy (non-hydrogen) atoms. The van der Waals surface area contributed by atoms with Crippen LogP contribution in [0.5, 0.6) is 11.5 Å². The third-order valence-electron chi connectivity index (χ3n) is 1.98. The van der Waals surface area contributed by atoms with Gasteiger partial charge in [-0.1, -0.05) is 0 Å². The van der Waals surface area contributed by atoms with Crippen molar-refractivity contribution in [2.24, 2.45) is 0 Å². The molecule has 2 rings (SSSR count). The first-order chi connectivity index (χ1) is 7.03. The molecular formula is C9H7F3O3. The zero-order valence-electron chi connectivity index (χ0n) is 7.47. The second kappa shape index (κ2) is 3.30. The fourth-order valence-electron chi connectivity index (χ4n) is 1.39. The van der Waals surface area contributed by atoms with E-state index in [1.54, 1.807) is 0 Å². The number of aliphatic hydroxyl groups excluding tert-OH is 1. The standard InChI is InChI=1S/C9H7F3O3/c10-6-1-2-7-8(5(6)3-4-13)15-9(11,12)14-7/h1-2,13H,3-4H2. The number of benzene rings is 1. The van der Waals surface area contributed by atoms with E-state index >= 15 is 0 Å². The van der Waals surface area contributed by atoms with Crippen LogP contribution in [-0.2, 0) is 6.42 Å². The van der Waals surface area contributed by atoms with Gasteiger partial charge in [0.05, 0.1) is 0 Å². The number of halogens is 3. The number of hydrogen-bond donors (Lipinski definition) is 1. The smallest absolute Gasteiger partial charge is 0.396 e. The highest BCUT2D eigenvalue weighted by molar-refractivity contribution is 5.49. The maximum atomic E-state index is 13.2. The molecule has 0 aliphatic carbocycles. The summed E-state index contributed by atoms with van der Waals surface area (Å²) < 4.78 is 46.8. The van der Waals surface area contributed by atoms with Gasteiger partial charge >= 0.3 is 6.29 Å². The van der Waals surface area contributed by atoms with Crippen molar-refractivity contribution in [2.45, 2.75) is 12.7 Å². The molecule has 0 radical (unpaired) electrons. The molecule has 6 heteroatoms. The normalized spacial score (nSPS) is 16.8. The quantitative estimate of drug-likeness (QED) is 0.824. The van der Waals surface area contributed by atoms with Crippen LogP contribution in [-0.4, -0.2) is 18.0 Å². The van der Waals surface area contributed by atoms with E-state index in [2.05, 4.69) is 9.47 Å². The van der Waals surface area contributed by atoms with Gasteiger partial charge in [-0.2, -0.15) is 0 Å². The predicted molar refractivity (Wildman–Crippen MR) is 43.4 cm³/mol. The molecule has 3 nitrogen and oxygen atoms in total. The van der Waals surface area contributed by atoms with Gasteiger partial charge in [-0.15, -0.1) is 8.78 Å². The Morgan fingerprint density at radius 3 is 2.67 bits per heavy atom. The molecule has 82 valence electrons. The predicted octanol–water partition coefficient (Wildman–Crippen LogP) is 1.68. The largest absolute Gasteiger partial charge is 0.586 e. The van der Waals surface area contributed by atoms with Crippen LogP contribution in [0, 0.1) is 5.82 Å². The summed E-state index contributed by atoms with van der Waals surface area (Å²) in [5.74, 6) is -1.26.